The number of thiophene rings is 1. The molecule has 1 N–H and O–H groups in total. The maximum atomic E-state index is 12.1. The summed E-state index contributed by atoms with van der Waals surface area (Å²) in [5.41, 5.74) is 3.78. The minimum atomic E-state index is -0.0726. The van der Waals surface area contributed by atoms with Gasteiger partial charge in [0.05, 0.1) is 17.6 Å². The largest absolute Gasteiger partial charge is 0.482 e. The molecule has 0 spiro atoms. The quantitative estimate of drug-likeness (QED) is 0.487. The molecule has 1 aliphatic rings. The van der Waals surface area contributed by atoms with Crippen LogP contribution in [0.15, 0.2) is 53.9 Å². The van der Waals surface area contributed by atoms with Crippen LogP contribution in [0.4, 0.5) is 17.2 Å². The van der Waals surface area contributed by atoms with Gasteiger partial charge in [0.2, 0.25) is 0 Å². The Kier molecular flexibility index (Phi) is 5.24. The van der Waals surface area contributed by atoms with Gasteiger partial charge in [-0.2, -0.15) is 0 Å². The fourth-order valence-electron chi connectivity index (χ4n) is 3.75. The molecular formula is C24H23N5O2S. The van der Waals surface area contributed by atoms with Crippen LogP contribution in [0.5, 0.6) is 5.75 Å². The van der Waals surface area contributed by atoms with Gasteiger partial charge in [0.25, 0.3) is 5.91 Å². The predicted molar refractivity (Wildman–Crippen MR) is 129 cm³/mol. The molecular weight excluding hydrogens is 422 g/mol. The molecule has 32 heavy (non-hydrogen) atoms. The minimum absolute atomic E-state index is 0.0616. The van der Waals surface area contributed by atoms with E-state index in [1.807, 2.05) is 55.4 Å². The summed E-state index contributed by atoms with van der Waals surface area (Å²) >= 11 is 1.62. The lowest BCUT2D eigenvalue weighted by Crippen LogP contribution is -2.35. The van der Waals surface area contributed by atoms with Gasteiger partial charge < -0.3 is 19.9 Å². The summed E-state index contributed by atoms with van der Waals surface area (Å²) in [6.45, 7) is 0.699. The van der Waals surface area contributed by atoms with Crippen LogP contribution >= 0.6 is 11.3 Å². The van der Waals surface area contributed by atoms with Crippen molar-refractivity contribution in [2.75, 3.05) is 38.0 Å². The number of aromatic nitrogens is 2. The molecule has 0 saturated heterocycles. The summed E-state index contributed by atoms with van der Waals surface area (Å²) in [4.78, 5) is 26.4. The van der Waals surface area contributed by atoms with E-state index in [1.165, 1.54) is 0 Å². The number of hydrogen-bond acceptors (Lipinski definition) is 7. The maximum absolute atomic E-state index is 12.1. The molecule has 2 aromatic carbocycles. The molecule has 0 bridgehead atoms. The smallest absolute Gasteiger partial charge is 0.264 e. The van der Waals surface area contributed by atoms with Crippen molar-refractivity contribution >= 4 is 44.7 Å². The highest BCUT2D eigenvalue weighted by molar-refractivity contribution is 7.17. The molecule has 1 aliphatic heterocycles. The number of amides is 1. The van der Waals surface area contributed by atoms with Gasteiger partial charge in [0.15, 0.2) is 6.61 Å². The highest BCUT2D eigenvalue weighted by Crippen LogP contribution is 2.39. The first kappa shape index (κ1) is 20.4. The summed E-state index contributed by atoms with van der Waals surface area (Å²) < 4.78 is 5.56. The molecule has 8 heteroatoms. The number of carbonyl (C=O) groups excluding carboxylic acids is 1. The Bertz CT molecular complexity index is 1300. The van der Waals surface area contributed by atoms with E-state index in [9.17, 15) is 4.79 Å². The Morgan fingerprint density at radius 3 is 2.75 bits per heavy atom. The molecule has 2 aromatic heterocycles. The number of benzene rings is 2. The van der Waals surface area contributed by atoms with Crippen LogP contribution < -0.4 is 15.0 Å². The fourth-order valence-corrected chi connectivity index (χ4v) is 4.71. The van der Waals surface area contributed by atoms with E-state index in [-0.39, 0.29) is 12.5 Å². The first-order chi connectivity index (χ1) is 15.5. The third-order valence-electron chi connectivity index (χ3n) is 5.33. The zero-order valence-electron chi connectivity index (χ0n) is 18.1. The van der Waals surface area contributed by atoms with Gasteiger partial charge in [-0.05, 0) is 37.9 Å². The molecule has 0 aliphatic carbocycles. The normalized spacial score (nSPS) is 13.4. The number of carbonyl (C=O) groups is 1. The number of ether oxygens (including phenoxy) is 1. The lowest BCUT2D eigenvalue weighted by atomic mass is 10.1. The summed E-state index contributed by atoms with van der Waals surface area (Å²) in [5, 5.41) is 6.61. The van der Waals surface area contributed by atoms with Crippen LogP contribution in [-0.2, 0) is 11.3 Å². The molecule has 0 unspecified atom stereocenters. The van der Waals surface area contributed by atoms with Crippen LogP contribution in [0, 0.1) is 0 Å². The molecule has 3 heterocycles. The van der Waals surface area contributed by atoms with Crippen LogP contribution in [0.2, 0.25) is 0 Å². The molecule has 0 radical (unpaired) electrons. The van der Waals surface area contributed by atoms with E-state index in [0.29, 0.717) is 12.3 Å². The highest BCUT2D eigenvalue weighted by Gasteiger charge is 2.23. The van der Waals surface area contributed by atoms with Crippen LogP contribution in [0.25, 0.3) is 21.3 Å². The SMILES string of the molecule is CN(C)Cc1nc(Nc2ccc3c(c2)N(C)C(=O)CO3)c2c(-c3ccccc3)csc2n1. The van der Waals surface area contributed by atoms with Crippen LogP contribution in [-0.4, -0.2) is 48.5 Å². The van der Waals surface area contributed by atoms with Crippen molar-refractivity contribution in [1.29, 1.82) is 0 Å². The molecule has 162 valence electrons. The van der Waals surface area contributed by atoms with Gasteiger partial charge >= 0.3 is 0 Å². The predicted octanol–water partition coefficient (Wildman–Crippen LogP) is 4.52. The molecule has 0 atom stereocenters. The van der Waals surface area contributed by atoms with Gasteiger partial charge in [0, 0.05) is 23.7 Å². The van der Waals surface area contributed by atoms with Crippen molar-refractivity contribution in [3.05, 3.63) is 59.7 Å². The van der Waals surface area contributed by atoms with Gasteiger partial charge in [-0.15, -0.1) is 11.3 Å². The van der Waals surface area contributed by atoms with E-state index < -0.39 is 0 Å². The number of anilines is 3. The van der Waals surface area contributed by atoms with E-state index in [2.05, 4.69) is 22.8 Å². The minimum Gasteiger partial charge on any atom is -0.482 e. The molecule has 0 fully saturated rings. The van der Waals surface area contributed by atoms with Crippen molar-refractivity contribution in [3.63, 3.8) is 0 Å². The summed E-state index contributed by atoms with van der Waals surface area (Å²) in [7, 11) is 5.76. The maximum Gasteiger partial charge on any atom is 0.264 e. The number of hydrogen-bond donors (Lipinski definition) is 1. The fraction of sp³-hybridized carbons (Fsp3) is 0.208. The highest BCUT2D eigenvalue weighted by atomic mass is 32.1. The summed E-state index contributed by atoms with van der Waals surface area (Å²) in [6, 6.07) is 16.0. The Labute approximate surface area is 190 Å². The number of fused-ring (bicyclic) bond motifs is 2. The first-order valence-electron chi connectivity index (χ1n) is 10.3. The number of rotatable bonds is 5. The second-order valence-corrected chi connectivity index (χ2v) is 8.83. The van der Waals surface area contributed by atoms with Crippen LogP contribution in [0.3, 0.4) is 0 Å². The van der Waals surface area contributed by atoms with E-state index in [4.69, 9.17) is 14.7 Å². The first-order valence-corrected chi connectivity index (χ1v) is 11.2. The van der Waals surface area contributed by atoms with Crippen LogP contribution in [0.1, 0.15) is 5.82 Å². The third kappa shape index (κ3) is 3.79. The molecule has 7 nitrogen and oxygen atoms in total. The lowest BCUT2D eigenvalue weighted by Gasteiger charge is -2.26. The topological polar surface area (TPSA) is 70.6 Å². The summed E-state index contributed by atoms with van der Waals surface area (Å²) in [5.74, 6) is 2.12. The van der Waals surface area contributed by atoms with Crippen molar-refractivity contribution in [1.82, 2.24) is 14.9 Å². The van der Waals surface area contributed by atoms with Crippen molar-refractivity contribution in [2.24, 2.45) is 0 Å². The Morgan fingerprint density at radius 1 is 1.16 bits per heavy atom. The molecule has 1 amide bonds. The zero-order valence-corrected chi connectivity index (χ0v) is 18.9. The molecule has 5 rings (SSSR count). The molecule has 0 saturated carbocycles. The second-order valence-electron chi connectivity index (χ2n) is 7.97. The number of nitrogens with zero attached hydrogens (tertiary/aromatic N) is 4. The van der Waals surface area contributed by atoms with Crippen molar-refractivity contribution < 1.29 is 9.53 Å². The zero-order chi connectivity index (χ0) is 22.2. The van der Waals surface area contributed by atoms with Gasteiger partial charge in [0.1, 0.15) is 22.2 Å². The summed E-state index contributed by atoms with van der Waals surface area (Å²) in [6.07, 6.45) is 0. The monoisotopic (exact) mass is 445 g/mol. The standard InChI is InChI=1S/C24H23N5O2S/c1-28(2)12-20-26-23(22-17(14-32-24(22)27-20)15-7-5-4-6-8-15)25-16-9-10-19-18(11-16)29(3)21(30)13-31-19/h4-11,14H,12-13H2,1-3H3,(H,25,26,27). The van der Waals surface area contributed by atoms with E-state index in [0.717, 1.165) is 44.4 Å². The van der Waals surface area contributed by atoms with E-state index >= 15 is 0 Å². The molecule has 4 aromatic rings. The Balaban J connectivity index is 1.62. The van der Waals surface area contributed by atoms with E-state index in [1.54, 1.807) is 23.3 Å². The van der Waals surface area contributed by atoms with Gasteiger partial charge in [-0.1, -0.05) is 30.3 Å². The Morgan fingerprint density at radius 2 is 1.97 bits per heavy atom. The third-order valence-corrected chi connectivity index (χ3v) is 6.20. The van der Waals surface area contributed by atoms with Crippen molar-refractivity contribution in [2.45, 2.75) is 6.54 Å². The number of likely N-dealkylation sites (N-methyl/N-ethyl adjacent to an activating group) is 1. The number of nitrogens with one attached hydrogen (secondary N) is 1. The van der Waals surface area contributed by atoms with Gasteiger partial charge in [-0.3, -0.25) is 4.79 Å². The van der Waals surface area contributed by atoms with Gasteiger partial charge in [-0.25, -0.2) is 9.97 Å². The average molecular weight is 446 g/mol. The second kappa shape index (κ2) is 8.22. The lowest BCUT2D eigenvalue weighted by molar-refractivity contribution is -0.120. The Hall–Kier alpha value is -3.49. The van der Waals surface area contributed by atoms with Crippen molar-refractivity contribution in [3.8, 4) is 16.9 Å². The average Bonchev–Trinajstić information content (AvgIpc) is 3.21.